The molecule has 150 valence electrons. The van der Waals surface area contributed by atoms with Gasteiger partial charge in [0, 0.05) is 11.1 Å². The summed E-state index contributed by atoms with van der Waals surface area (Å²) in [5, 5.41) is 58.1. The van der Waals surface area contributed by atoms with Crippen LogP contribution in [0.3, 0.4) is 0 Å². The summed E-state index contributed by atoms with van der Waals surface area (Å²) in [6, 6.07) is 7.22. The zero-order valence-electron chi connectivity index (χ0n) is 14.0. The van der Waals surface area contributed by atoms with Crippen LogP contribution in [0.25, 0.3) is 0 Å². The first-order valence-corrected chi connectivity index (χ1v) is 7.54. The normalized spacial score (nSPS) is 10.3. The van der Waals surface area contributed by atoms with Crippen LogP contribution in [0.4, 0.5) is 11.4 Å². The van der Waals surface area contributed by atoms with Crippen LogP contribution in [-0.2, 0) is 0 Å². The second-order valence-corrected chi connectivity index (χ2v) is 5.16. The lowest BCUT2D eigenvalue weighted by Crippen LogP contribution is -2.27. The van der Waals surface area contributed by atoms with Gasteiger partial charge in [-0.3, -0.25) is 20.8 Å². The van der Waals surface area contributed by atoms with E-state index in [0.29, 0.717) is 0 Å². The fourth-order valence-corrected chi connectivity index (χ4v) is 2.32. The maximum atomic E-state index is 11.0. The summed E-state index contributed by atoms with van der Waals surface area (Å²) >= 11 is 0. The van der Waals surface area contributed by atoms with Crippen molar-refractivity contribution in [1.29, 1.82) is 0 Å². The molecule has 0 saturated carbocycles. The van der Waals surface area contributed by atoms with Crippen molar-refractivity contribution in [3.8, 4) is 11.5 Å². The van der Waals surface area contributed by atoms with Crippen LogP contribution < -0.4 is 30.1 Å². The Morgan fingerprint density at radius 1 is 0.750 bits per heavy atom. The van der Waals surface area contributed by atoms with Crippen molar-refractivity contribution in [3.63, 3.8) is 0 Å². The van der Waals surface area contributed by atoms with Gasteiger partial charge in [0.15, 0.2) is 0 Å². The largest absolute Gasteiger partial charge is 0.545 e. The lowest BCUT2D eigenvalue weighted by atomic mass is 10.1. The highest BCUT2D eigenvalue weighted by Crippen LogP contribution is 2.32. The minimum absolute atomic E-state index is 0.218. The number of benzene rings is 2. The third kappa shape index (κ3) is 4.57. The van der Waals surface area contributed by atoms with Crippen LogP contribution in [-0.4, -0.2) is 46.0 Å². The second kappa shape index (κ2) is 8.88. The Kier molecular flexibility index (Phi) is 6.57. The molecule has 0 unspecified atom stereocenters. The molecule has 4 N–H and O–H groups in total. The zero-order chi connectivity index (χ0) is 20.8. The Hall–Kier alpha value is -3.58. The van der Waals surface area contributed by atoms with E-state index in [2.05, 4.69) is 0 Å². The molecule has 0 aliphatic rings. The Balaban J connectivity index is 2.12. The molecule has 12 heteroatoms. The van der Waals surface area contributed by atoms with Crippen molar-refractivity contribution in [2.24, 2.45) is 0 Å². The van der Waals surface area contributed by atoms with E-state index >= 15 is 0 Å². The van der Waals surface area contributed by atoms with Gasteiger partial charge in [-0.2, -0.15) is 0 Å². The topological polar surface area (TPSA) is 186 Å². The van der Waals surface area contributed by atoms with Gasteiger partial charge in [-0.05, 0) is 12.1 Å². The first-order valence-electron chi connectivity index (χ1n) is 7.54. The van der Waals surface area contributed by atoms with E-state index in [4.69, 9.17) is 9.47 Å². The third-order valence-corrected chi connectivity index (χ3v) is 3.44. The van der Waals surface area contributed by atoms with E-state index in [1.54, 1.807) is 0 Å². The number of anilines is 2. The van der Waals surface area contributed by atoms with Crippen LogP contribution >= 0.6 is 0 Å². The predicted molar refractivity (Wildman–Crippen MR) is 84.6 cm³/mol. The van der Waals surface area contributed by atoms with Crippen molar-refractivity contribution in [3.05, 3.63) is 47.5 Å². The zero-order valence-corrected chi connectivity index (χ0v) is 14.0. The lowest BCUT2D eigenvalue weighted by molar-refractivity contribution is -0.256. The molecule has 0 amide bonds. The smallest absolute Gasteiger partial charge is 0.148 e. The molecule has 2 rings (SSSR count). The maximum absolute atomic E-state index is 11.0. The molecule has 0 spiro atoms. The average molecular weight is 394 g/mol. The maximum Gasteiger partial charge on any atom is 0.148 e. The Morgan fingerprint density at radius 3 is 1.39 bits per heavy atom. The van der Waals surface area contributed by atoms with E-state index in [1.165, 1.54) is 24.3 Å². The summed E-state index contributed by atoms with van der Waals surface area (Å²) < 4.78 is 10.5. The van der Waals surface area contributed by atoms with Crippen LogP contribution in [0.5, 0.6) is 11.5 Å². The minimum Gasteiger partial charge on any atom is -0.545 e. The molecule has 0 fully saturated rings. The van der Waals surface area contributed by atoms with Gasteiger partial charge >= 0.3 is 0 Å². The number of carboxylic acid groups (broad SMARTS) is 2. The van der Waals surface area contributed by atoms with Gasteiger partial charge in [0.2, 0.25) is 0 Å². The molecule has 2 aromatic carbocycles. The number of carbonyl (C=O) groups excluding carboxylic acids is 2. The highest BCUT2D eigenvalue weighted by atomic mass is 16.8. The Morgan fingerprint density at radius 2 is 1.11 bits per heavy atom. The van der Waals surface area contributed by atoms with Crippen molar-refractivity contribution in [2.45, 2.75) is 0 Å². The monoisotopic (exact) mass is 394 g/mol. The number of para-hydroxylation sites is 2. The van der Waals surface area contributed by atoms with E-state index in [1.807, 2.05) is 0 Å². The predicted octanol–water partition coefficient (Wildman–Crippen LogP) is -0.959. The van der Waals surface area contributed by atoms with Crippen molar-refractivity contribution >= 4 is 23.3 Å². The van der Waals surface area contributed by atoms with Crippen molar-refractivity contribution < 1.29 is 50.1 Å². The summed E-state index contributed by atoms with van der Waals surface area (Å²) in [7, 11) is 0. The van der Waals surface area contributed by atoms with E-state index in [9.17, 15) is 40.6 Å². The number of hydrogen-bond acceptors (Lipinski definition) is 12. The molecule has 28 heavy (non-hydrogen) atoms. The van der Waals surface area contributed by atoms with Gasteiger partial charge < -0.3 is 29.3 Å². The first kappa shape index (κ1) is 20.7. The summed E-state index contributed by atoms with van der Waals surface area (Å²) in [5.74, 6) is -3.77. The summed E-state index contributed by atoms with van der Waals surface area (Å²) in [5.41, 5.74) is -2.22. The molecule has 0 heterocycles. The highest BCUT2D eigenvalue weighted by Gasteiger charge is 2.17. The quantitative estimate of drug-likeness (QED) is 0.302. The standard InChI is InChI=1S/C16H16N2O10/c19-15(20)9-3-1-5-11(13(9)17(23)24)27-7-8-28-12-6-2-4-10(16(21)22)14(12)18(25)26/h1-6,23-26H,7-8H2,(H,19,20)(H,21,22)/p-2. The van der Waals surface area contributed by atoms with E-state index in [0.717, 1.165) is 12.1 Å². The molecule has 0 aliphatic heterocycles. The van der Waals surface area contributed by atoms with Crippen LogP contribution in [0.15, 0.2) is 36.4 Å². The second-order valence-electron chi connectivity index (χ2n) is 5.16. The number of carbonyl (C=O) groups is 2. The van der Waals surface area contributed by atoms with Gasteiger partial charge in [0.05, 0.1) is 11.9 Å². The molecule has 0 aliphatic carbocycles. The summed E-state index contributed by atoms with van der Waals surface area (Å²) in [6.07, 6.45) is 0. The number of rotatable bonds is 9. The molecule has 12 nitrogen and oxygen atoms in total. The highest BCUT2D eigenvalue weighted by molar-refractivity contribution is 5.95. The number of hydrogen-bond donors (Lipinski definition) is 4. The average Bonchev–Trinajstić information content (AvgIpc) is 2.64. The summed E-state index contributed by atoms with van der Waals surface area (Å²) in [6.45, 7) is -0.521. The fourth-order valence-electron chi connectivity index (χ4n) is 2.32. The van der Waals surface area contributed by atoms with Gasteiger partial charge in [-0.15, -0.1) is 10.5 Å². The van der Waals surface area contributed by atoms with Gasteiger partial charge in [-0.25, -0.2) is 0 Å². The van der Waals surface area contributed by atoms with Gasteiger partial charge in [0.1, 0.15) is 36.1 Å². The Bertz CT molecular complexity index is 797. The number of nitrogens with zero attached hydrogens (tertiary/aromatic N) is 2. The molecule has 2 aromatic rings. The Labute approximate surface area is 157 Å². The van der Waals surface area contributed by atoms with E-state index < -0.39 is 44.9 Å². The molecule has 0 saturated heterocycles. The number of ether oxygens (including phenoxy) is 2. The van der Waals surface area contributed by atoms with Crippen molar-refractivity contribution in [1.82, 2.24) is 0 Å². The van der Waals surface area contributed by atoms with Crippen LogP contribution in [0.2, 0.25) is 0 Å². The molecular weight excluding hydrogens is 380 g/mol. The third-order valence-electron chi connectivity index (χ3n) is 3.44. The minimum atomic E-state index is -1.67. The lowest BCUT2D eigenvalue weighted by Gasteiger charge is -2.20. The molecule has 0 radical (unpaired) electrons. The molecule has 0 atom stereocenters. The SMILES string of the molecule is O=C([O-])c1cccc(OCCOc2cccc(C(=O)[O-])c2N(O)O)c1N(O)O. The number of carboxylic acids is 2. The van der Waals surface area contributed by atoms with Crippen LogP contribution in [0.1, 0.15) is 20.7 Å². The van der Waals surface area contributed by atoms with Gasteiger partial charge in [0.25, 0.3) is 0 Å². The molecular formula is C16H14N2O10-2. The summed E-state index contributed by atoms with van der Waals surface area (Å²) in [4.78, 5) is 22.1. The first-order chi connectivity index (χ1) is 13.2. The molecule has 0 aromatic heterocycles. The van der Waals surface area contributed by atoms with Crippen LogP contribution in [0, 0.1) is 0 Å². The van der Waals surface area contributed by atoms with E-state index in [-0.39, 0.29) is 24.7 Å². The number of aromatic carboxylic acids is 2. The molecule has 0 bridgehead atoms. The fraction of sp³-hybridized carbons (Fsp3) is 0.125. The van der Waals surface area contributed by atoms with Crippen molar-refractivity contribution in [2.75, 3.05) is 23.7 Å². The van der Waals surface area contributed by atoms with Gasteiger partial charge in [-0.1, -0.05) is 24.3 Å².